The molecule has 204 valence electrons. The fraction of sp³-hybridized carbons (Fsp3) is 0.429. The summed E-state index contributed by atoms with van der Waals surface area (Å²) in [6, 6.07) is 10.1. The zero-order valence-corrected chi connectivity index (χ0v) is 21.3. The number of aliphatic hydroxyl groups is 1. The van der Waals surface area contributed by atoms with Gasteiger partial charge in [0.1, 0.15) is 28.6 Å². The Morgan fingerprint density at radius 2 is 1.69 bits per heavy atom. The number of esters is 3. The molecule has 1 unspecified atom stereocenters. The van der Waals surface area contributed by atoms with Crippen LogP contribution in [0.15, 0.2) is 48.5 Å². The first-order valence-corrected chi connectivity index (χ1v) is 12.5. The second kappa shape index (κ2) is 7.84. The molecule has 3 heterocycles. The first-order chi connectivity index (χ1) is 18.3. The van der Waals surface area contributed by atoms with E-state index >= 15 is 0 Å². The molecule has 9 nitrogen and oxygen atoms in total. The predicted octanol–water partition coefficient (Wildman–Crippen LogP) is 2.89. The minimum Gasteiger partial charge on any atom is -0.461 e. The molecule has 1 saturated carbocycles. The van der Waals surface area contributed by atoms with Gasteiger partial charge in [0.15, 0.2) is 12.3 Å². The monoisotopic (exact) mass is 541 g/mol. The van der Waals surface area contributed by atoms with E-state index in [4.69, 9.17) is 14.2 Å². The number of nitrogens with zero attached hydrogens (tertiary/aromatic N) is 1. The smallest absolute Gasteiger partial charge is 0.338 e. The molecule has 6 atom stereocenters. The van der Waals surface area contributed by atoms with Crippen LogP contribution >= 0.6 is 0 Å². The van der Waals surface area contributed by atoms with Gasteiger partial charge in [-0.15, -0.1) is 0 Å². The van der Waals surface area contributed by atoms with Crippen molar-refractivity contribution in [2.45, 2.75) is 57.6 Å². The van der Waals surface area contributed by atoms with E-state index in [2.05, 4.69) is 0 Å². The molecule has 0 bridgehead atoms. The summed E-state index contributed by atoms with van der Waals surface area (Å²) in [5.74, 6) is -5.60. The maximum atomic E-state index is 14.3. The van der Waals surface area contributed by atoms with Crippen LogP contribution in [-0.2, 0) is 28.6 Å². The second-order valence-electron chi connectivity index (χ2n) is 11.6. The Morgan fingerprint density at radius 1 is 1.05 bits per heavy atom. The fourth-order valence-electron chi connectivity index (χ4n) is 7.21. The van der Waals surface area contributed by atoms with Crippen LogP contribution in [-0.4, -0.2) is 53.0 Å². The Hall–Kier alpha value is -3.86. The van der Waals surface area contributed by atoms with Crippen LogP contribution in [0.5, 0.6) is 0 Å². The van der Waals surface area contributed by atoms with Crippen molar-refractivity contribution < 1.29 is 47.3 Å². The fourth-order valence-corrected chi connectivity index (χ4v) is 7.21. The van der Waals surface area contributed by atoms with Gasteiger partial charge in [-0.3, -0.25) is 19.3 Å². The van der Waals surface area contributed by atoms with Crippen LogP contribution in [0.25, 0.3) is 0 Å². The summed E-state index contributed by atoms with van der Waals surface area (Å²) in [4.78, 5) is 54.8. The molecule has 3 saturated heterocycles. The number of carbonyl (C=O) groups is 4. The van der Waals surface area contributed by atoms with E-state index in [0.29, 0.717) is 6.07 Å². The Kier molecular flexibility index (Phi) is 5.11. The van der Waals surface area contributed by atoms with E-state index in [0.717, 1.165) is 17.0 Å². The number of benzene rings is 2. The number of rotatable bonds is 3. The zero-order chi connectivity index (χ0) is 28.1. The summed E-state index contributed by atoms with van der Waals surface area (Å²) in [5, 5.41) is 12.6. The molecule has 0 aromatic heterocycles. The number of ether oxygens (including phenoxy) is 3. The van der Waals surface area contributed by atoms with Gasteiger partial charge in [-0.1, -0.05) is 39.0 Å². The number of anilines is 1. The van der Waals surface area contributed by atoms with Gasteiger partial charge >= 0.3 is 17.9 Å². The highest BCUT2D eigenvalue weighted by Crippen LogP contribution is 2.76. The number of halogens is 2. The molecule has 2 spiro atoms. The van der Waals surface area contributed by atoms with Crippen LogP contribution in [0.2, 0.25) is 0 Å². The molecule has 4 aliphatic rings. The Bertz CT molecular complexity index is 1420. The molecule has 2 aromatic carbocycles. The highest BCUT2D eigenvalue weighted by atomic mass is 19.1. The minimum absolute atomic E-state index is 0.0837. The average Bonchev–Trinajstić information content (AvgIpc) is 3.46. The van der Waals surface area contributed by atoms with E-state index in [9.17, 15) is 33.1 Å². The van der Waals surface area contributed by atoms with Crippen molar-refractivity contribution in [3.8, 4) is 0 Å². The molecule has 0 radical (unpaired) electrons. The van der Waals surface area contributed by atoms with Gasteiger partial charge in [0, 0.05) is 12.5 Å². The lowest BCUT2D eigenvalue weighted by Crippen LogP contribution is -2.66. The van der Waals surface area contributed by atoms with Crippen molar-refractivity contribution in [2.24, 2.45) is 16.2 Å². The van der Waals surface area contributed by atoms with Gasteiger partial charge in [-0.2, -0.15) is 0 Å². The lowest BCUT2D eigenvalue weighted by molar-refractivity contribution is -0.204. The number of hydrogen-bond acceptors (Lipinski definition) is 8. The number of carbonyl (C=O) groups excluding carboxylic acids is 4. The molecule has 39 heavy (non-hydrogen) atoms. The zero-order valence-electron chi connectivity index (χ0n) is 21.3. The lowest BCUT2D eigenvalue weighted by Gasteiger charge is -2.51. The summed E-state index contributed by atoms with van der Waals surface area (Å²) >= 11 is 0. The van der Waals surface area contributed by atoms with E-state index in [1.807, 2.05) is 0 Å². The molecule has 11 heteroatoms. The minimum atomic E-state index is -2.07. The van der Waals surface area contributed by atoms with Gasteiger partial charge in [0.2, 0.25) is 0 Å². The maximum absolute atomic E-state index is 14.3. The van der Waals surface area contributed by atoms with Crippen LogP contribution < -0.4 is 4.90 Å². The normalized spacial score (nSPS) is 34.9. The molecular weight excluding hydrogens is 516 g/mol. The quantitative estimate of drug-likeness (QED) is 0.466. The summed E-state index contributed by atoms with van der Waals surface area (Å²) in [6.07, 6.45) is -5.54. The SMILES string of the molecule is CC(C)(C)[C@]1(O)C[C@@H]2OC(=O)C[C@@]23C(=O)O[C@@H]2N(c4cc(F)cc(F)c4)C(=O)[C@H](OC(=O)c4ccccc4)C213. The van der Waals surface area contributed by atoms with Crippen molar-refractivity contribution >= 4 is 29.5 Å². The summed E-state index contributed by atoms with van der Waals surface area (Å²) in [5.41, 5.74) is -7.30. The first kappa shape index (κ1) is 25.4. The van der Waals surface area contributed by atoms with Crippen molar-refractivity contribution in [3.05, 3.63) is 65.7 Å². The Labute approximate surface area is 221 Å². The molecule has 3 aliphatic heterocycles. The van der Waals surface area contributed by atoms with E-state index < -0.39 is 82.2 Å². The first-order valence-electron chi connectivity index (χ1n) is 12.5. The largest absolute Gasteiger partial charge is 0.461 e. The second-order valence-corrected chi connectivity index (χ2v) is 11.6. The van der Waals surface area contributed by atoms with Crippen molar-refractivity contribution in [1.82, 2.24) is 0 Å². The summed E-state index contributed by atoms with van der Waals surface area (Å²) in [6.45, 7) is 5.01. The van der Waals surface area contributed by atoms with Gasteiger partial charge in [0.25, 0.3) is 5.91 Å². The van der Waals surface area contributed by atoms with Gasteiger partial charge in [-0.25, -0.2) is 13.6 Å². The Morgan fingerprint density at radius 3 is 2.31 bits per heavy atom. The van der Waals surface area contributed by atoms with Crippen LogP contribution in [0.4, 0.5) is 14.5 Å². The van der Waals surface area contributed by atoms with Crippen LogP contribution in [0, 0.1) is 27.9 Å². The molecule has 1 amide bonds. The Balaban J connectivity index is 1.63. The van der Waals surface area contributed by atoms with Crippen molar-refractivity contribution in [3.63, 3.8) is 0 Å². The predicted molar refractivity (Wildman–Crippen MR) is 128 cm³/mol. The van der Waals surface area contributed by atoms with Crippen molar-refractivity contribution in [1.29, 1.82) is 0 Å². The maximum Gasteiger partial charge on any atom is 0.338 e. The van der Waals surface area contributed by atoms with E-state index in [1.165, 1.54) is 12.1 Å². The third-order valence-corrected chi connectivity index (χ3v) is 8.83. The lowest BCUT2D eigenvalue weighted by atomic mass is 9.52. The third-order valence-electron chi connectivity index (χ3n) is 8.83. The topological polar surface area (TPSA) is 119 Å². The van der Waals surface area contributed by atoms with Crippen molar-refractivity contribution in [2.75, 3.05) is 4.90 Å². The third kappa shape index (κ3) is 2.96. The molecule has 2 aromatic rings. The molecule has 4 fully saturated rings. The number of amides is 1. The van der Waals surface area contributed by atoms with Crippen LogP contribution in [0.3, 0.4) is 0 Å². The molecular formula is C28H25F2NO8. The standard InChI is InChI=1S/C28H25F2NO8/c1-25(2,3)27(36)12-18-26(13-19(32)37-18)24(35)39-23-28(26,27)20(38-22(34)14-7-5-4-6-8-14)21(33)31(23)17-10-15(29)9-16(30)11-17/h4-11,18,20,23,36H,12-13H2,1-3H3/t18-,20-,23-,26-,27+,28?/m0/s1. The average molecular weight is 542 g/mol. The highest BCUT2D eigenvalue weighted by Gasteiger charge is 2.93. The van der Waals surface area contributed by atoms with Crippen LogP contribution in [0.1, 0.15) is 44.0 Å². The number of hydrogen-bond donors (Lipinski definition) is 1. The highest BCUT2D eigenvalue weighted by molar-refractivity contribution is 6.07. The van der Waals surface area contributed by atoms with Gasteiger partial charge < -0.3 is 19.3 Å². The van der Waals surface area contributed by atoms with E-state index in [1.54, 1.807) is 39.0 Å². The van der Waals surface area contributed by atoms with Gasteiger partial charge in [-0.05, 0) is 29.7 Å². The molecule has 1 N–H and O–H groups in total. The summed E-state index contributed by atoms with van der Waals surface area (Å²) in [7, 11) is 0. The van der Waals surface area contributed by atoms with E-state index in [-0.39, 0.29) is 17.7 Å². The molecule has 1 aliphatic carbocycles. The molecule has 6 rings (SSSR count). The summed E-state index contributed by atoms with van der Waals surface area (Å²) < 4.78 is 45.8. The van der Waals surface area contributed by atoms with Gasteiger partial charge in [0.05, 0.1) is 23.3 Å².